The lowest BCUT2D eigenvalue weighted by atomic mass is 9.64. The van der Waals surface area contributed by atoms with Crippen LogP contribution in [0.4, 0.5) is 4.39 Å². The van der Waals surface area contributed by atoms with Crippen LogP contribution in [0.1, 0.15) is 29.6 Å². The predicted molar refractivity (Wildman–Crippen MR) is 64.8 cm³/mol. The van der Waals surface area contributed by atoms with Gasteiger partial charge in [-0.15, -0.1) is 0 Å². The Balaban J connectivity index is 2.00. The van der Waals surface area contributed by atoms with E-state index in [1.165, 1.54) is 16.8 Å². The Hall–Kier alpha value is -1.97. The number of hydrogen-bond acceptors (Lipinski definition) is 2. The van der Waals surface area contributed by atoms with Gasteiger partial charge in [-0.2, -0.15) is 5.10 Å². The maximum Gasteiger partial charge on any atom is 0.257 e. The molecule has 1 aromatic heterocycles. The van der Waals surface area contributed by atoms with E-state index in [4.69, 9.17) is 0 Å². The molecule has 0 aliphatic heterocycles. The topological polar surface area (TPSA) is 34.9 Å². The molecule has 0 amide bonds. The molecule has 18 heavy (non-hydrogen) atoms. The molecule has 92 valence electrons. The Labute approximate surface area is 104 Å². The Morgan fingerprint density at radius 1 is 1.28 bits per heavy atom. The van der Waals surface area contributed by atoms with Gasteiger partial charge in [-0.3, -0.25) is 4.79 Å². The third-order valence-corrected chi connectivity index (χ3v) is 3.73. The minimum Gasteiger partial charge on any atom is -0.272 e. The fourth-order valence-electron chi connectivity index (χ4n) is 2.53. The number of benzene rings is 1. The van der Waals surface area contributed by atoms with Gasteiger partial charge in [0.15, 0.2) is 0 Å². The maximum absolute atomic E-state index is 13.0. The average Bonchev–Trinajstić information content (AvgIpc) is 2.83. The molecule has 0 saturated heterocycles. The highest BCUT2D eigenvalue weighted by Crippen LogP contribution is 2.44. The van der Waals surface area contributed by atoms with Crippen molar-refractivity contribution in [1.82, 2.24) is 9.78 Å². The average molecular weight is 244 g/mol. The second kappa shape index (κ2) is 4.05. The van der Waals surface area contributed by atoms with Crippen LogP contribution in [-0.4, -0.2) is 15.7 Å². The van der Waals surface area contributed by atoms with E-state index in [0.717, 1.165) is 24.8 Å². The van der Waals surface area contributed by atoms with Crippen LogP contribution < -0.4 is 0 Å². The lowest BCUT2D eigenvalue weighted by molar-refractivity contribution is 0.0676. The summed E-state index contributed by atoms with van der Waals surface area (Å²) in [5.41, 5.74) is 0.371. The zero-order valence-electron chi connectivity index (χ0n) is 9.84. The van der Waals surface area contributed by atoms with E-state index in [1.54, 1.807) is 30.6 Å². The summed E-state index contributed by atoms with van der Waals surface area (Å²) in [6, 6.07) is 7.96. The summed E-state index contributed by atoms with van der Waals surface area (Å²) in [5, 5.41) is 4.00. The van der Waals surface area contributed by atoms with Crippen molar-refractivity contribution in [3.63, 3.8) is 0 Å². The van der Waals surface area contributed by atoms with Crippen LogP contribution in [0.15, 0.2) is 42.7 Å². The van der Waals surface area contributed by atoms with Crippen molar-refractivity contribution in [3.8, 4) is 0 Å². The quantitative estimate of drug-likeness (QED) is 0.814. The van der Waals surface area contributed by atoms with E-state index >= 15 is 0 Å². The smallest absolute Gasteiger partial charge is 0.257 e. The Morgan fingerprint density at radius 2 is 2.00 bits per heavy atom. The highest BCUT2D eigenvalue weighted by Gasteiger charge is 2.46. The molecule has 1 saturated carbocycles. The molecule has 0 radical (unpaired) electrons. The van der Waals surface area contributed by atoms with E-state index in [0.29, 0.717) is 0 Å². The molecule has 1 aliphatic rings. The molecule has 1 fully saturated rings. The number of carbonyl (C=O) groups is 1. The fraction of sp³-hybridized carbons (Fsp3) is 0.286. The van der Waals surface area contributed by atoms with Gasteiger partial charge >= 0.3 is 0 Å². The van der Waals surface area contributed by atoms with Gasteiger partial charge in [0.05, 0.1) is 5.41 Å². The van der Waals surface area contributed by atoms with E-state index < -0.39 is 5.41 Å². The summed E-state index contributed by atoms with van der Waals surface area (Å²) < 4.78 is 14.3. The minimum absolute atomic E-state index is 0.0228. The van der Waals surface area contributed by atoms with Gasteiger partial charge in [-0.25, -0.2) is 9.07 Å². The van der Waals surface area contributed by atoms with Crippen molar-refractivity contribution < 1.29 is 9.18 Å². The van der Waals surface area contributed by atoms with Crippen LogP contribution in [0.3, 0.4) is 0 Å². The monoisotopic (exact) mass is 244 g/mol. The molecule has 0 N–H and O–H groups in total. The van der Waals surface area contributed by atoms with Crippen molar-refractivity contribution >= 4 is 5.91 Å². The van der Waals surface area contributed by atoms with Crippen LogP contribution in [0, 0.1) is 5.82 Å². The first-order valence-electron chi connectivity index (χ1n) is 6.03. The lowest BCUT2D eigenvalue weighted by Crippen LogP contribution is -2.45. The second-order valence-corrected chi connectivity index (χ2v) is 4.70. The molecule has 2 aromatic rings. The highest BCUT2D eigenvalue weighted by atomic mass is 19.1. The van der Waals surface area contributed by atoms with Crippen LogP contribution in [0.25, 0.3) is 0 Å². The molecule has 1 aliphatic carbocycles. The van der Waals surface area contributed by atoms with Gasteiger partial charge < -0.3 is 0 Å². The lowest BCUT2D eigenvalue weighted by Gasteiger charge is -2.40. The molecule has 3 nitrogen and oxygen atoms in total. The zero-order valence-corrected chi connectivity index (χ0v) is 9.84. The Bertz CT molecular complexity index is 556. The van der Waals surface area contributed by atoms with Crippen molar-refractivity contribution in [2.24, 2.45) is 0 Å². The first-order valence-corrected chi connectivity index (χ1v) is 6.03. The summed E-state index contributed by atoms with van der Waals surface area (Å²) in [6.45, 7) is 0. The highest BCUT2D eigenvalue weighted by molar-refractivity contribution is 5.90. The first-order chi connectivity index (χ1) is 8.72. The Kier molecular flexibility index (Phi) is 2.51. The summed E-state index contributed by atoms with van der Waals surface area (Å²) in [4.78, 5) is 12.5. The zero-order chi connectivity index (χ0) is 12.6. The van der Waals surface area contributed by atoms with Crippen molar-refractivity contribution in [1.29, 1.82) is 0 Å². The molecule has 1 heterocycles. The molecule has 0 unspecified atom stereocenters. The molecular formula is C14H13FN2O. The van der Waals surface area contributed by atoms with Gasteiger partial charge in [0.1, 0.15) is 5.82 Å². The molecule has 0 atom stereocenters. The van der Waals surface area contributed by atoms with Gasteiger partial charge in [0.2, 0.25) is 0 Å². The molecule has 0 spiro atoms. The summed E-state index contributed by atoms with van der Waals surface area (Å²) in [7, 11) is 0. The SMILES string of the molecule is O=C(n1cccn1)C1(c2ccc(F)cc2)CCC1. The third-order valence-electron chi connectivity index (χ3n) is 3.73. The van der Waals surface area contributed by atoms with Crippen LogP contribution in [0.2, 0.25) is 0 Å². The summed E-state index contributed by atoms with van der Waals surface area (Å²) in [5.74, 6) is -0.301. The molecule has 4 heteroatoms. The second-order valence-electron chi connectivity index (χ2n) is 4.70. The van der Waals surface area contributed by atoms with Crippen LogP contribution >= 0.6 is 0 Å². The number of halogens is 1. The third kappa shape index (κ3) is 1.56. The Morgan fingerprint density at radius 3 is 2.50 bits per heavy atom. The van der Waals surface area contributed by atoms with Gasteiger partial charge in [0.25, 0.3) is 5.91 Å². The summed E-state index contributed by atoms with van der Waals surface area (Å²) >= 11 is 0. The normalized spacial score (nSPS) is 17.2. The standard InChI is InChI=1S/C14H13FN2O/c15-12-5-3-11(4-6-12)14(7-1-8-14)13(18)17-10-2-9-16-17/h2-6,9-10H,1,7-8H2. The van der Waals surface area contributed by atoms with Gasteiger partial charge in [-0.1, -0.05) is 18.6 Å². The number of carbonyl (C=O) groups excluding carboxylic acids is 1. The molecule has 0 bridgehead atoms. The van der Waals surface area contributed by atoms with E-state index in [1.807, 2.05) is 0 Å². The van der Waals surface area contributed by atoms with E-state index in [9.17, 15) is 9.18 Å². The summed E-state index contributed by atoms with van der Waals surface area (Å²) in [6.07, 6.45) is 5.87. The number of nitrogens with zero attached hydrogens (tertiary/aromatic N) is 2. The number of rotatable bonds is 2. The van der Waals surface area contributed by atoms with Gasteiger partial charge in [0, 0.05) is 12.4 Å². The number of aromatic nitrogens is 2. The van der Waals surface area contributed by atoms with Gasteiger partial charge in [-0.05, 0) is 36.6 Å². The van der Waals surface area contributed by atoms with Crippen molar-refractivity contribution in [3.05, 3.63) is 54.1 Å². The maximum atomic E-state index is 13.0. The minimum atomic E-state index is -0.514. The largest absolute Gasteiger partial charge is 0.272 e. The van der Waals surface area contributed by atoms with Crippen molar-refractivity contribution in [2.75, 3.05) is 0 Å². The predicted octanol–water partition coefficient (Wildman–Crippen LogP) is 2.78. The molecule has 3 rings (SSSR count). The molecule has 1 aromatic carbocycles. The van der Waals surface area contributed by atoms with Crippen LogP contribution in [0.5, 0.6) is 0 Å². The van der Waals surface area contributed by atoms with Crippen molar-refractivity contribution in [2.45, 2.75) is 24.7 Å². The molecular weight excluding hydrogens is 231 g/mol. The number of hydrogen-bond donors (Lipinski definition) is 0. The van der Waals surface area contributed by atoms with E-state index in [2.05, 4.69) is 5.10 Å². The first kappa shape index (κ1) is 11.1. The van der Waals surface area contributed by atoms with Crippen LogP contribution in [-0.2, 0) is 5.41 Å². The van der Waals surface area contributed by atoms with E-state index in [-0.39, 0.29) is 11.7 Å². The fourth-order valence-corrected chi connectivity index (χ4v) is 2.53.